The summed E-state index contributed by atoms with van der Waals surface area (Å²) in [7, 11) is 0. The molecule has 0 spiro atoms. The quantitative estimate of drug-likeness (QED) is 0.836. The summed E-state index contributed by atoms with van der Waals surface area (Å²) < 4.78 is 6.16. The molecule has 1 unspecified atom stereocenters. The minimum absolute atomic E-state index is 0.0377. The van der Waals surface area contributed by atoms with Crippen molar-refractivity contribution in [2.45, 2.75) is 16.5 Å². The summed E-state index contributed by atoms with van der Waals surface area (Å²) in [5.74, 6) is -0.0377. The van der Waals surface area contributed by atoms with E-state index in [0.717, 1.165) is 42.0 Å². The molecule has 2 heterocycles. The molecule has 1 amide bonds. The Kier molecular flexibility index (Phi) is 5.47. The van der Waals surface area contributed by atoms with Gasteiger partial charge >= 0.3 is 0 Å². The van der Waals surface area contributed by atoms with Gasteiger partial charge in [0.15, 0.2) is 4.34 Å². The lowest BCUT2D eigenvalue weighted by atomic mass is 10.2. The molecule has 1 aliphatic rings. The largest absolute Gasteiger partial charge is 0.378 e. The molecule has 8 heteroatoms. The van der Waals surface area contributed by atoms with Crippen molar-refractivity contribution in [1.29, 1.82) is 0 Å². The molecule has 1 aromatic carbocycles. The minimum Gasteiger partial charge on any atom is -0.378 e. The van der Waals surface area contributed by atoms with Gasteiger partial charge in [0, 0.05) is 24.5 Å². The summed E-state index contributed by atoms with van der Waals surface area (Å²) in [6.07, 6.45) is 0. The Balaban J connectivity index is 1.55. The number of anilines is 2. The molecular weight excluding hydrogens is 332 g/mol. The van der Waals surface area contributed by atoms with Crippen LogP contribution in [0.25, 0.3) is 0 Å². The molecule has 23 heavy (non-hydrogen) atoms. The van der Waals surface area contributed by atoms with E-state index < -0.39 is 0 Å². The van der Waals surface area contributed by atoms with Crippen molar-refractivity contribution >= 4 is 40.4 Å². The average Bonchev–Trinajstić information content (AvgIpc) is 3.09. The lowest BCUT2D eigenvalue weighted by Crippen LogP contribution is -2.36. The van der Waals surface area contributed by atoms with E-state index in [1.807, 2.05) is 31.2 Å². The first-order chi connectivity index (χ1) is 11.2. The fourth-order valence-corrected chi connectivity index (χ4v) is 3.87. The number of ether oxygens (including phenoxy) is 1. The first-order valence-electron chi connectivity index (χ1n) is 7.39. The number of nitrogens with one attached hydrogen (secondary N) is 1. The predicted molar refractivity (Wildman–Crippen MR) is 93.3 cm³/mol. The smallest absolute Gasteiger partial charge is 0.237 e. The zero-order chi connectivity index (χ0) is 16.1. The Morgan fingerprint density at radius 2 is 2.09 bits per heavy atom. The van der Waals surface area contributed by atoms with Gasteiger partial charge in [-0.05, 0) is 31.2 Å². The van der Waals surface area contributed by atoms with Crippen LogP contribution in [-0.4, -0.2) is 47.7 Å². The number of benzene rings is 1. The number of amides is 1. The summed E-state index contributed by atoms with van der Waals surface area (Å²) in [6, 6.07) is 7.93. The highest BCUT2D eigenvalue weighted by molar-refractivity contribution is 8.02. The van der Waals surface area contributed by atoms with Gasteiger partial charge < -0.3 is 15.0 Å². The Labute approximate surface area is 143 Å². The summed E-state index contributed by atoms with van der Waals surface area (Å²) in [6.45, 7) is 5.20. The van der Waals surface area contributed by atoms with Crippen LogP contribution < -0.4 is 10.2 Å². The van der Waals surface area contributed by atoms with Gasteiger partial charge in [-0.15, -0.1) is 10.2 Å². The van der Waals surface area contributed by atoms with E-state index in [1.54, 1.807) is 5.51 Å². The number of hydrogen-bond acceptors (Lipinski definition) is 7. The van der Waals surface area contributed by atoms with Crippen molar-refractivity contribution < 1.29 is 9.53 Å². The van der Waals surface area contributed by atoms with Crippen LogP contribution >= 0.6 is 23.1 Å². The van der Waals surface area contributed by atoms with Gasteiger partial charge in [-0.2, -0.15) is 0 Å². The monoisotopic (exact) mass is 350 g/mol. The Hall–Kier alpha value is -1.64. The summed E-state index contributed by atoms with van der Waals surface area (Å²) in [5.41, 5.74) is 3.62. The molecular formula is C15H18N4O2S2. The van der Waals surface area contributed by atoms with Crippen molar-refractivity contribution in [3.05, 3.63) is 29.8 Å². The third kappa shape index (κ3) is 4.43. The second-order valence-electron chi connectivity index (χ2n) is 5.10. The average molecular weight is 350 g/mol. The van der Waals surface area contributed by atoms with E-state index in [4.69, 9.17) is 4.74 Å². The van der Waals surface area contributed by atoms with Gasteiger partial charge in [0.25, 0.3) is 0 Å². The fourth-order valence-electron chi connectivity index (χ4n) is 2.24. The second-order valence-corrected chi connectivity index (χ2v) is 7.52. The van der Waals surface area contributed by atoms with E-state index in [9.17, 15) is 4.79 Å². The molecule has 0 aliphatic carbocycles. The van der Waals surface area contributed by atoms with E-state index in [2.05, 4.69) is 20.4 Å². The van der Waals surface area contributed by atoms with Crippen molar-refractivity contribution in [2.75, 3.05) is 36.5 Å². The standard InChI is InChI=1S/C15H18N4O2S2/c1-11(23-15-18-16-10-22-15)14(20)17-12-2-4-13(5-3-12)19-6-8-21-9-7-19/h2-5,10-11H,6-9H2,1H3,(H,17,20). The number of hydrogen-bond donors (Lipinski definition) is 1. The van der Waals surface area contributed by atoms with Gasteiger partial charge in [-0.3, -0.25) is 4.79 Å². The molecule has 0 bridgehead atoms. The van der Waals surface area contributed by atoms with Gasteiger partial charge in [-0.25, -0.2) is 0 Å². The van der Waals surface area contributed by atoms with E-state index in [1.165, 1.54) is 23.1 Å². The Bertz CT molecular complexity index is 627. The molecule has 0 radical (unpaired) electrons. The molecule has 1 N–H and O–H groups in total. The van der Waals surface area contributed by atoms with Crippen molar-refractivity contribution in [3.8, 4) is 0 Å². The molecule has 3 rings (SSSR count). The minimum atomic E-state index is -0.220. The van der Waals surface area contributed by atoms with Crippen LogP contribution in [0.2, 0.25) is 0 Å². The first kappa shape index (κ1) is 16.2. The third-order valence-electron chi connectivity index (χ3n) is 3.50. The highest BCUT2D eigenvalue weighted by Gasteiger charge is 2.16. The number of morpholine rings is 1. The lowest BCUT2D eigenvalue weighted by molar-refractivity contribution is -0.115. The van der Waals surface area contributed by atoms with Crippen LogP contribution in [0, 0.1) is 0 Å². The SMILES string of the molecule is CC(Sc1nncs1)C(=O)Nc1ccc(N2CCOCC2)cc1. The molecule has 1 atom stereocenters. The predicted octanol–water partition coefficient (Wildman–Crippen LogP) is 2.49. The topological polar surface area (TPSA) is 67.4 Å². The van der Waals surface area contributed by atoms with Crippen LogP contribution in [0.4, 0.5) is 11.4 Å². The van der Waals surface area contributed by atoms with Crippen molar-refractivity contribution in [3.63, 3.8) is 0 Å². The molecule has 2 aromatic rings. The second kappa shape index (κ2) is 7.76. The molecule has 6 nitrogen and oxygen atoms in total. The van der Waals surface area contributed by atoms with Crippen molar-refractivity contribution in [1.82, 2.24) is 10.2 Å². The number of carbonyl (C=O) groups is 1. The lowest BCUT2D eigenvalue weighted by Gasteiger charge is -2.28. The number of aromatic nitrogens is 2. The highest BCUT2D eigenvalue weighted by Crippen LogP contribution is 2.25. The molecule has 1 fully saturated rings. The van der Waals surface area contributed by atoms with Crippen molar-refractivity contribution in [2.24, 2.45) is 0 Å². The molecule has 122 valence electrons. The summed E-state index contributed by atoms with van der Waals surface area (Å²) >= 11 is 2.85. The third-order valence-corrected chi connectivity index (χ3v) is 5.41. The Morgan fingerprint density at radius 3 is 2.74 bits per heavy atom. The van der Waals surface area contributed by atoms with Crippen LogP contribution in [0.5, 0.6) is 0 Å². The zero-order valence-corrected chi connectivity index (χ0v) is 14.4. The van der Waals surface area contributed by atoms with E-state index in [-0.39, 0.29) is 11.2 Å². The van der Waals surface area contributed by atoms with Gasteiger partial charge in [0.1, 0.15) is 5.51 Å². The number of carbonyl (C=O) groups excluding carboxylic acids is 1. The Morgan fingerprint density at radius 1 is 1.35 bits per heavy atom. The zero-order valence-electron chi connectivity index (χ0n) is 12.8. The molecule has 1 aliphatic heterocycles. The number of thioether (sulfide) groups is 1. The molecule has 1 aromatic heterocycles. The normalized spacial score (nSPS) is 16.1. The first-order valence-corrected chi connectivity index (χ1v) is 9.15. The summed E-state index contributed by atoms with van der Waals surface area (Å²) in [4.78, 5) is 14.5. The van der Waals surface area contributed by atoms with E-state index >= 15 is 0 Å². The highest BCUT2D eigenvalue weighted by atomic mass is 32.2. The van der Waals surface area contributed by atoms with Crippen LogP contribution in [0.1, 0.15) is 6.92 Å². The van der Waals surface area contributed by atoms with Crippen LogP contribution in [0.3, 0.4) is 0 Å². The fraction of sp³-hybridized carbons (Fsp3) is 0.400. The number of nitrogens with zero attached hydrogens (tertiary/aromatic N) is 3. The number of rotatable bonds is 5. The van der Waals surface area contributed by atoms with Gasteiger partial charge in [0.05, 0.1) is 18.5 Å². The van der Waals surface area contributed by atoms with Gasteiger partial charge in [0.2, 0.25) is 5.91 Å². The maximum absolute atomic E-state index is 12.2. The maximum Gasteiger partial charge on any atom is 0.237 e. The molecule has 0 saturated carbocycles. The van der Waals surface area contributed by atoms with Crippen LogP contribution in [0.15, 0.2) is 34.1 Å². The summed E-state index contributed by atoms with van der Waals surface area (Å²) in [5, 5.41) is 10.4. The van der Waals surface area contributed by atoms with E-state index in [0.29, 0.717) is 0 Å². The van der Waals surface area contributed by atoms with Gasteiger partial charge in [-0.1, -0.05) is 23.1 Å². The van der Waals surface area contributed by atoms with Crippen LogP contribution in [-0.2, 0) is 9.53 Å². The maximum atomic E-state index is 12.2. The molecule has 1 saturated heterocycles.